The van der Waals surface area contributed by atoms with E-state index in [9.17, 15) is 14.0 Å². The molecule has 3 aromatic rings. The second-order valence-corrected chi connectivity index (χ2v) is 5.27. The number of hydrogen-bond donors (Lipinski definition) is 2. The number of rotatable bonds is 4. The van der Waals surface area contributed by atoms with Crippen LogP contribution in [-0.2, 0) is 4.79 Å². The summed E-state index contributed by atoms with van der Waals surface area (Å²) in [4.78, 5) is 23.9. The first-order chi connectivity index (χ1) is 12.1. The SMILES string of the molecule is Cc1c(C(=O)NNC(=O)COc2ccccc2F)oc2ccccc12. The zero-order valence-corrected chi connectivity index (χ0v) is 13.3. The maximum absolute atomic E-state index is 13.4. The largest absolute Gasteiger partial charge is 0.481 e. The summed E-state index contributed by atoms with van der Waals surface area (Å²) in [6.07, 6.45) is 0. The van der Waals surface area contributed by atoms with Crippen molar-refractivity contribution in [2.45, 2.75) is 6.92 Å². The highest BCUT2D eigenvalue weighted by Crippen LogP contribution is 2.24. The number of para-hydroxylation sites is 2. The van der Waals surface area contributed by atoms with Gasteiger partial charge in [0.15, 0.2) is 23.9 Å². The molecule has 128 valence electrons. The first-order valence-electron chi connectivity index (χ1n) is 7.51. The Balaban J connectivity index is 1.57. The zero-order valence-electron chi connectivity index (χ0n) is 13.3. The maximum Gasteiger partial charge on any atom is 0.305 e. The van der Waals surface area contributed by atoms with E-state index in [1.165, 1.54) is 18.2 Å². The first kappa shape index (κ1) is 16.5. The van der Waals surface area contributed by atoms with Gasteiger partial charge in [0.25, 0.3) is 5.91 Å². The number of aryl methyl sites for hydroxylation is 1. The fourth-order valence-electron chi connectivity index (χ4n) is 2.32. The van der Waals surface area contributed by atoms with E-state index in [2.05, 4.69) is 10.9 Å². The van der Waals surface area contributed by atoms with Crippen molar-refractivity contribution in [1.29, 1.82) is 0 Å². The lowest BCUT2D eigenvalue weighted by molar-refractivity contribution is -0.123. The zero-order chi connectivity index (χ0) is 17.8. The van der Waals surface area contributed by atoms with Crippen LogP contribution in [0.2, 0.25) is 0 Å². The van der Waals surface area contributed by atoms with Crippen LogP contribution in [0.15, 0.2) is 52.9 Å². The topological polar surface area (TPSA) is 80.6 Å². The summed E-state index contributed by atoms with van der Waals surface area (Å²) < 4.78 is 23.9. The minimum absolute atomic E-state index is 0.0443. The van der Waals surface area contributed by atoms with E-state index < -0.39 is 24.2 Å². The standard InChI is InChI=1S/C18H15FN2O4/c1-11-12-6-2-4-8-14(12)25-17(11)18(23)21-20-16(22)10-24-15-9-5-3-7-13(15)19/h2-9H,10H2,1H3,(H,20,22)(H,21,23). The maximum atomic E-state index is 13.4. The summed E-state index contributed by atoms with van der Waals surface area (Å²) in [6, 6.07) is 13.0. The summed E-state index contributed by atoms with van der Waals surface area (Å²) in [6.45, 7) is 1.31. The van der Waals surface area contributed by atoms with E-state index in [0.717, 1.165) is 5.39 Å². The normalized spacial score (nSPS) is 10.5. The summed E-state index contributed by atoms with van der Waals surface area (Å²) in [5.74, 6) is -1.73. The molecule has 1 heterocycles. The second-order valence-electron chi connectivity index (χ2n) is 5.27. The molecule has 0 saturated heterocycles. The Bertz CT molecular complexity index is 936. The van der Waals surface area contributed by atoms with Crippen molar-refractivity contribution in [2.24, 2.45) is 0 Å². The van der Waals surface area contributed by atoms with Gasteiger partial charge in [-0.2, -0.15) is 0 Å². The molecule has 2 aromatic carbocycles. The number of fused-ring (bicyclic) bond motifs is 1. The number of nitrogens with one attached hydrogen (secondary N) is 2. The van der Waals surface area contributed by atoms with Crippen LogP contribution >= 0.6 is 0 Å². The third-order valence-electron chi connectivity index (χ3n) is 3.56. The Hall–Kier alpha value is -3.35. The van der Waals surface area contributed by atoms with E-state index in [0.29, 0.717) is 11.1 Å². The molecular weight excluding hydrogens is 327 g/mol. The van der Waals surface area contributed by atoms with Crippen LogP contribution in [0, 0.1) is 12.7 Å². The monoisotopic (exact) mass is 342 g/mol. The highest BCUT2D eigenvalue weighted by molar-refractivity contribution is 5.99. The molecule has 3 rings (SSSR count). The number of amides is 2. The molecule has 0 radical (unpaired) electrons. The predicted octanol–water partition coefficient (Wildman–Crippen LogP) is 2.72. The number of ether oxygens (including phenoxy) is 1. The van der Waals surface area contributed by atoms with Crippen molar-refractivity contribution in [3.63, 3.8) is 0 Å². The van der Waals surface area contributed by atoms with Gasteiger partial charge in [0.1, 0.15) is 5.58 Å². The molecule has 25 heavy (non-hydrogen) atoms. The summed E-state index contributed by atoms with van der Waals surface area (Å²) in [7, 11) is 0. The smallest absolute Gasteiger partial charge is 0.305 e. The van der Waals surface area contributed by atoms with E-state index in [1.807, 2.05) is 12.1 Å². The highest BCUT2D eigenvalue weighted by atomic mass is 19.1. The molecule has 2 N–H and O–H groups in total. The Morgan fingerprint density at radius 1 is 1.08 bits per heavy atom. The van der Waals surface area contributed by atoms with Crippen LogP contribution in [0.4, 0.5) is 4.39 Å². The number of carbonyl (C=O) groups excluding carboxylic acids is 2. The molecule has 0 aliphatic rings. The number of benzene rings is 2. The van der Waals surface area contributed by atoms with Gasteiger partial charge in [-0.05, 0) is 25.1 Å². The lowest BCUT2D eigenvalue weighted by atomic mass is 10.1. The third kappa shape index (κ3) is 3.60. The van der Waals surface area contributed by atoms with E-state index in [4.69, 9.17) is 9.15 Å². The van der Waals surface area contributed by atoms with Crippen molar-refractivity contribution in [3.05, 3.63) is 65.7 Å². The van der Waals surface area contributed by atoms with Crippen LogP contribution < -0.4 is 15.6 Å². The van der Waals surface area contributed by atoms with Gasteiger partial charge in [-0.1, -0.05) is 30.3 Å². The quantitative estimate of drug-likeness (QED) is 0.715. The van der Waals surface area contributed by atoms with Crippen molar-refractivity contribution in [2.75, 3.05) is 6.61 Å². The average Bonchev–Trinajstić information content (AvgIpc) is 2.96. The van der Waals surface area contributed by atoms with Gasteiger partial charge in [-0.25, -0.2) is 4.39 Å². The predicted molar refractivity (Wildman–Crippen MR) is 88.5 cm³/mol. The van der Waals surface area contributed by atoms with E-state index in [1.54, 1.807) is 25.1 Å². The second kappa shape index (κ2) is 7.04. The lowest BCUT2D eigenvalue weighted by Gasteiger charge is -2.08. The van der Waals surface area contributed by atoms with Crippen molar-refractivity contribution in [3.8, 4) is 5.75 Å². The van der Waals surface area contributed by atoms with Gasteiger partial charge < -0.3 is 9.15 Å². The van der Waals surface area contributed by atoms with Crippen LogP contribution in [0.3, 0.4) is 0 Å². The van der Waals surface area contributed by atoms with Gasteiger partial charge >= 0.3 is 5.91 Å². The number of hydrogen-bond acceptors (Lipinski definition) is 4. The van der Waals surface area contributed by atoms with Crippen molar-refractivity contribution >= 4 is 22.8 Å². The number of furan rings is 1. The number of hydrazine groups is 1. The molecule has 1 aromatic heterocycles. The Labute approximate surface area is 142 Å². The molecule has 0 saturated carbocycles. The molecule has 0 atom stereocenters. The number of carbonyl (C=O) groups is 2. The third-order valence-corrected chi connectivity index (χ3v) is 3.56. The van der Waals surface area contributed by atoms with Crippen LogP contribution in [-0.4, -0.2) is 18.4 Å². The van der Waals surface area contributed by atoms with Crippen LogP contribution in [0.25, 0.3) is 11.0 Å². The molecule has 2 amide bonds. The van der Waals surface area contributed by atoms with Crippen LogP contribution in [0.5, 0.6) is 5.75 Å². The fraction of sp³-hybridized carbons (Fsp3) is 0.111. The molecule has 0 aliphatic heterocycles. The average molecular weight is 342 g/mol. The minimum Gasteiger partial charge on any atom is -0.481 e. The van der Waals surface area contributed by atoms with Gasteiger partial charge in [-0.15, -0.1) is 0 Å². The van der Waals surface area contributed by atoms with Crippen molar-refractivity contribution < 1.29 is 23.1 Å². The Kier molecular flexibility index (Phi) is 4.65. The van der Waals surface area contributed by atoms with E-state index in [-0.39, 0.29) is 11.5 Å². The summed E-state index contributed by atoms with van der Waals surface area (Å²) >= 11 is 0. The molecule has 0 fully saturated rings. The first-order valence-corrected chi connectivity index (χ1v) is 7.51. The molecular formula is C18H15FN2O4. The minimum atomic E-state index is -0.634. The summed E-state index contributed by atoms with van der Waals surface area (Å²) in [5, 5.41) is 0.821. The Morgan fingerprint density at radius 2 is 1.80 bits per heavy atom. The van der Waals surface area contributed by atoms with Gasteiger partial charge in [0.2, 0.25) is 0 Å². The molecule has 7 heteroatoms. The van der Waals surface area contributed by atoms with Crippen molar-refractivity contribution in [1.82, 2.24) is 10.9 Å². The van der Waals surface area contributed by atoms with Gasteiger partial charge in [0, 0.05) is 10.9 Å². The Morgan fingerprint density at radius 3 is 2.56 bits per heavy atom. The van der Waals surface area contributed by atoms with Crippen LogP contribution in [0.1, 0.15) is 16.1 Å². The molecule has 0 aliphatic carbocycles. The molecule has 0 unspecified atom stereocenters. The molecule has 6 nitrogen and oxygen atoms in total. The molecule has 0 spiro atoms. The summed E-state index contributed by atoms with van der Waals surface area (Å²) in [5.41, 5.74) is 5.70. The lowest BCUT2D eigenvalue weighted by Crippen LogP contribution is -2.43. The van der Waals surface area contributed by atoms with Gasteiger partial charge in [0.05, 0.1) is 0 Å². The van der Waals surface area contributed by atoms with E-state index >= 15 is 0 Å². The number of halogens is 1. The van der Waals surface area contributed by atoms with Gasteiger partial charge in [-0.3, -0.25) is 20.4 Å². The highest BCUT2D eigenvalue weighted by Gasteiger charge is 2.18. The molecule has 0 bridgehead atoms. The fourth-order valence-corrected chi connectivity index (χ4v) is 2.32.